The molecule has 0 bridgehead atoms. The third kappa shape index (κ3) is 8.29. The monoisotopic (exact) mass is 677 g/mol. The van der Waals surface area contributed by atoms with Gasteiger partial charge in [-0.2, -0.15) is 0 Å². The van der Waals surface area contributed by atoms with Gasteiger partial charge in [-0.3, -0.25) is 13.9 Å². The lowest BCUT2D eigenvalue weighted by molar-refractivity contribution is -0.140. The number of benzene rings is 4. The molecule has 7 nitrogen and oxygen atoms in total. The molecule has 0 aromatic heterocycles. The Kier molecular flexibility index (Phi) is 11.0. The number of hydrogen-bond donors (Lipinski definition) is 1. The number of carbonyl (C=O) groups is 2. The van der Waals surface area contributed by atoms with E-state index in [4.69, 9.17) is 23.2 Å². The molecule has 0 radical (unpaired) electrons. The van der Waals surface area contributed by atoms with Crippen LogP contribution in [0.4, 0.5) is 5.69 Å². The molecule has 2 amide bonds. The van der Waals surface area contributed by atoms with Crippen LogP contribution in [-0.2, 0) is 32.6 Å². The molecular weight excluding hydrogens is 641 g/mol. The summed E-state index contributed by atoms with van der Waals surface area (Å²) in [6.07, 6.45) is 4.05. The Morgan fingerprint density at radius 2 is 1.48 bits per heavy atom. The van der Waals surface area contributed by atoms with Crippen LogP contribution in [0.5, 0.6) is 0 Å². The maximum atomic E-state index is 14.6. The zero-order valence-electron chi connectivity index (χ0n) is 25.6. The van der Waals surface area contributed by atoms with Crippen LogP contribution in [0.3, 0.4) is 0 Å². The van der Waals surface area contributed by atoms with Crippen LogP contribution in [-0.4, -0.2) is 43.8 Å². The molecule has 240 valence electrons. The molecule has 4 aromatic rings. The van der Waals surface area contributed by atoms with Crippen molar-refractivity contribution in [1.82, 2.24) is 10.2 Å². The zero-order chi connectivity index (χ0) is 32.7. The Morgan fingerprint density at radius 1 is 0.848 bits per heavy atom. The number of nitrogens with one attached hydrogen (secondary N) is 1. The smallest absolute Gasteiger partial charge is 0.264 e. The third-order valence-corrected chi connectivity index (χ3v) is 10.7. The van der Waals surface area contributed by atoms with Gasteiger partial charge in [0.2, 0.25) is 11.8 Å². The van der Waals surface area contributed by atoms with Crippen molar-refractivity contribution in [2.24, 2.45) is 0 Å². The molecule has 10 heteroatoms. The SMILES string of the molecule is Cc1ccc(S(=O)(=O)N(CC(=O)N(Cc2ccccc2Cl)C(Cc2ccccc2)C(=O)NC2CCCC2)c2ccc(Cl)cc2)cc1. The summed E-state index contributed by atoms with van der Waals surface area (Å²) in [6.45, 7) is 1.32. The predicted octanol–water partition coefficient (Wildman–Crippen LogP) is 7.20. The molecule has 1 atom stereocenters. The van der Waals surface area contributed by atoms with Crippen molar-refractivity contribution in [1.29, 1.82) is 0 Å². The Morgan fingerprint density at radius 3 is 2.13 bits per heavy atom. The summed E-state index contributed by atoms with van der Waals surface area (Å²) in [4.78, 5) is 30.2. The van der Waals surface area contributed by atoms with Crippen molar-refractivity contribution in [3.8, 4) is 0 Å². The first kappa shape index (κ1) is 33.5. The third-order valence-electron chi connectivity index (χ3n) is 8.27. The van der Waals surface area contributed by atoms with Crippen LogP contribution in [0.15, 0.2) is 108 Å². The second-order valence-electron chi connectivity index (χ2n) is 11.6. The van der Waals surface area contributed by atoms with Gasteiger partial charge in [0.05, 0.1) is 10.6 Å². The van der Waals surface area contributed by atoms with Crippen molar-refractivity contribution in [3.05, 3.63) is 130 Å². The van der Waals surface area contributed by atoms with Gasteiger partial charge in [-0.15, -0.1) is 0 Å². The fourth-order valence-corrected chi connectivity index (χ4v) is 7.44. The summed E-state index contributed by atoms with van der Waals surface area (Å²) in [5.41, 5.74) is 2.68. The molecule has 4 aromatic carbocycles. The highest BCUT2D eigenvalue weighted by atomic mass is 35.5. The molecule has 1 fully saturated rings. The van der Waals surface area contributed by atoms with Gasteiger partial charge in [0, 0.05) is 29.1 Å². The van der Waals surface area contributed by atoms with E-state index in [9.17, 15) is 18.0 Å². The standard InChI is InChI=1S/C36H37Cl2N3O4S/c1-26-15-21-32(22-16-26)46(44,45)41(31-19-17-29(37)18-20-31)25-35(42)40(24-28-11-5-8-14-33(28)38)34(23-27-9-3-2-4-10-27)36(43)39-30-12-6-7-13-30/h2-5,8-11,14-22,30,34H,6-7,12-13,23-25H2,1H3,(H,39,43). The minimum atomic E-state index is -4.20. The minimum Gasteiger partial charge on any atom is -0.352 e. The van der Waals surface area contributed by atoms with Crippen LogP contribution in [0, 0.1) is 6.92 Å². The number of amides is 2. The van der Waals surface area contributed by atoms with E-state index in [1.807, 2.05) is 43.3 Å². The summed E-state index contributed by atoms with van der Waals surface area (Å²) < 4.78 is 29.4. The van der Waals surface area contributed by atoms with E-state index in [-0.39, 0.29) is 35.5 Å². The number of sulfonamides is 1. The molecule has 1 aliphatic carbocycles. The van der Waals surface area contributed by atoms with Gasteiger partial charge in [0.25, 0.3) is 10.0 Å². The maximum Gasteiger partial charge on any atom is 0.264 e. The van der Waals surface area contributed by atoms with Gasteiger partial charge >= 0.3 is 0 Å². The first-order valence-corrected chi connectivity index (χ1v) is 17.5. The summed E-state index contributed by atoms with van der Waals surface area (Å²) in [7, 11) is -4.20. The lowest BCUT2D eigenvalue weighted by atomic mass is 10.0. The van der Waals surface area contributed by atoms with E-state index in [1.54, 1.807) is 54.6 Å². The molecule has 1 unspecified atom stereocenters. The van der Waals surface area contributed by atoms with E-state index in [1.165, 1.54) is 17.0 Å². The molecule has 0 aliphatic heterocycles. The zero-order valence-corrected chi connectivity index (χ0v) is 27.9. The highest BCUT2D eigenvalue weighted by Gasteiger charge is 2.35. The van der Waals surface area contributed by atoms with Crippen molar-refractivity contribution < 1.29 is 18.0 Å². The normalized spacial score (nSPS) is 14.1. The van der Waals surface area contributed by atoms with Gasteiger partial charge in [0.15, 0.2) is 0 Å². The van der Waals surface area contributed by atoms with Crippen molar-refractivity contribution in [2.75, 3.05) is 10.8 Å². The number of anilines is 1. The molecule has 1 N–H and O–H groups in total. The molecule has 5 rings (SSSR count). The topological polar surface area (TPSA) is 86.8 Å². The largest absolute Gasteiger partial charge is 0.352 e. The number of nitrogens with zero attached hydrogens (tertiary/aromatic N) is 2. The molecule has 1 aliphatic rings. The Labute approximate surface area is 281 Å². The van der Waals surface area contributed by atoms with Crippen molar-refractivity contribution in [3.63, 3.8) is 0 Å². The molecule has 1 saturated carbocycles. The number of hydrogen-bond acceptors (Lipinski definition) is 4. The van der Waals surface area contributed by atoms with Crippen LogP contribution in [0.2, 0.25) is 10.0 Å². The summed E-state index contributed by atoms with van der Waals surface area (Å²) in [6, 6.07) is 28.5. The van der Waals surface area contributed by atoms with E-state index in [0.29, 0.717) is 15.6 Å². The van der Waals surface area contributed by atoms with Gasteiger partial charge in [-0.05, 0) is 73.4 Å². The molecule has 46 heavy (non-hydrogen) atoms. The molecule has 0 spiro atoms. The van der Waals surface area contributed by atoms with Crippen LogP contribution in [0.25, 0.3) is 0 Å². The highest BCUT2D eigenvalue weighted by molar-refractivity contribution is 7.92. The van der Waals surface area contributed by atoms with E-state index in [2.05, 4.69) is 5.32 Å². The average Bonchev–Trinajstić information content (AvgIpc) is 3.56. The van der Waals surface area contributed by atoms with Crippen molar-refractivity contribution in [2.45, 2.75) is 62.6 Å². The lowest BCUT2D eigenvalue weighted by Crippen LogP contribution is -2.54. The fourth-order valence-electron chi connectivity index (χ4n) is 5.71. The fraction of sp³-hybridized carbons (Fsp3) is 0.278. The van der Waals surface area contributed by atoms with E-state index >= 15 is 0 Å². The van der Waals surface area contributed by atoms with E-state index < -0.39 is 28.5 Å². The van der Waals surface area contributed by atoms with Crippen LogP contribution in [0.1, 0.15) is 42.4 Å². The highest BCUT2D eigenvalue weighted by Crippen LogP contribution is 2.28. The summed E-state index contributed by atoms with van der Waals surface area (Å²) in [5, 5.41) is 4.04. The number of halogens is 2. The van der Waals surface area contributed by atoms with Gasteiger partial charge in [-0.1, -0.05) is 102 Å². The summed E-state index contributed by atoms with van der Waals surface area (Å²) in [5.74, 6) is -0.830. The predicted molar refractivity (Wildman–Crippen MR) is 183 cm³/mol. The van der Waals surface area contributed by atoms with Gasteiger partial charge < -0.3 is 10.2 Å². The Hall–Kier alpha value is -3.85. The maximum absolute atomic E-state index is 14.6. The second kappa shape index (κ2) is 15.2. The van der Waals surface area contributed by atoms with Crippen LogP contribution < -0.4 is 9.62 Å². The lowest BCUT2D eigenvalue weighted by Gasteiger charge is -2.34. The quantitative estimate of drug-likeness (QED) is 0.172. The first-order chi connectivity index (χ1) is 22.1. The Balaban J connectivity index is 1.57. The van der Waals surface area contributed by atoms with Crippen molar-refractivity contribution >= 4 is 50.7 Å². The number of carbonyl (C=O) groups excluding carboxylic acids is 2. The van der Waals surface area contributed by atoms with Gasteiger partial charge in [-0.25, -0.2) is 8.42 Å². The van der Waals surface area contributed by atoms with Gasteiger partial charge in [0.1, 0.15) is 12.6 Å². The molecule has 0 saturated heterocycles. The minimum absolute atomic E-state index is 0.00707. The number of rotatable bonds is 12. The second-order valence-corrected chi connectivity index (χ2v) is 14.3. The van der Waals surface area contributed by atoms with E-state index in [0.717, 1.165) is 41.1 Å². The Bertz CT molecular complexity index is 1740. The number of aryl methyl sites for hydroxylation is 1. The average molecular weight is 679 g/mol. The summed E-state index contributed by atoms with van der Waals surface area (Å²) >= 11 is 12.7. The molecular formula is C36H37Cl2N3O4S. The molecule has 0 heterocycles. The first-order valence-electron chi connectivity index (χ1n) is 15.3. The van der Waals surface area contributed by atoms with Crippen LogP contribution >= 0.6 is 23.2 Å².